The molecule has 2 aliphatic heterocycles. The Labute approximate surface area is 169 Å². The standard InChI is InChI=1S/C20H17F3N2O3S/c21-20(22,23)14-2-1-3-15(8-14)24-19(26)25-16-10-28-17-13(9-27-18(16)17)5-4-12-6-7-29-11-12/h1-3,6-8,11,13,16-18H,9-10H2,(H2,24,25,26)/t13-,16-,17+,18+/m0/s1. The number of nitrogens with one attached hydrogen (secondary N) is 2. The lowest BCUT2D eigenvalue weighted by Gasteiger charge is -2.18. The number of urea groups is 1. The fourth-order valence-electron chi connectivity index (χ4n) is 3.37. The summed E-state index contributed by atoms with van der Waals surface area (Å²) in [7, 11) is 0. The molecule has 0 spiro atoms. The first-order chi connectivity index (χ1) is 13.9. The number of fused-ring (bicyclic) bond motifs is 1. The van der Waals surface area contributed by atoms with Crippen molar-refractivity contribution >= 4 is 23.1 Å². The summed E-state index contributed by atoms with van der Waals surface area (Å²) in [6, 6.07) is 5.38. The summed E-state index contributed by atoms with van der Waals surface area (Å²) in [4.78, 5) is 12.2. The largest absolute Gasteiger partial charge is 0.416 e. The molecule has 9 heteroatoms. The maximum absolute atomic E-state index is 12.8. The van der Waals surface area contributed by atoms with E-state index >= 15 is 0 Å². The van der Waals surface area contributed by atoms with Crippen LogP contribution in [0.5, 0.6) is 0 Å². The van der Waals surface area contributed by atoms with Crippen LogP contribution in [0.25, 0.3) is 0 Å². The maximum Gasteiger partial charge on any atom is 0.416 e. The number of halogens is 3. The molecule has 152 valence electrons. The summed E-state index contributed by atoms with van der Waals surface area (Å²) in [6.45, 7) is 0.655. The highest BCUT2D eigenvalue weighted by atomic mass is 32.1. The van der Waals surface area contributed by atoms with Gasteiger partial charge in [-0.1, -0.05) is 17.9 Å². The van der Waals surface area contributed by atoms with Crippen molar-refractivity contribution in [3.8, 4) is 11.8 Å². The quantitative estimate of drug-likeness (QED) is 0.726. The van der Waals surface area contributed by atoms with Crippen LogP contribution >= 0.6 is 11.3 Å². The molecule has 0 bridgehead atoms. The number of benzene rings is 1. The first-order valence-electron chi connectivity index (χ1n) is 8.92. The second-order valence-corrected chi connectivity index (χ2v) is 7.55. The fraction of sp³-hybridized carbons (Fsp3) is 0.350. The third-order valence-electron chi connectivity index (χ3n) is 4.74. The normalized spacial score (nSPS) is 25.8. The van der Waals surface area contributed by atoms with Gasteiger partial charge in [0.1, 0.15) is 12.2 Å². The van der Waals surface area contributed by atoms with Crippen molar-refractivity contribution in [2.24, 2.45) is 5.92 Å². The van der Waals surface area contributed by atoms with Gasteiger partial charge in [0.05, 0.1) is 30.7 Å². The molecule has 2 N–H and O–H groups in total. The van der Waals surface area contributed by atoms with Gasteiger partial charge in [-0.2, -0.15) is 24.5 Å². The van der Waals surface area contributed by atoms with E-state index in [2.05, 4.69) is 22.5 Å². The van der Waals surface area contributed by atoms with Gasteiger partial charge >= 0.3 is 12.2 Å². The summed E-state index contributed by atoms with van der Waals surface area (Å²) in [5.41, 5.74) is 0.164. The second-order valence-electron chi connectivity index (χ2n) is 6.77. The zero-order valence-electron chi connectivity index (χ0n) is 15.0. The molecule has 0 saturated carbocycles. The molecule has 5 nitrogen and oxygen atoms in total. The summed E-state index contributed by atoms with van der Waals surface area (Å²) in [6.07, 6.45) is -5.07. The molecule has 0 unspecified atom stereocenters. The Morgan fingerprint density at radius 2 is 2.00 bits per heavy atom. The predicted octanol–water partition coefficient (Wildman–Crippen LogP) is 3.72. The zero-order chi connectivity index (χ0) is 20.4. The maximum atomic E-state index is 12.8. The number of hydrogen-bond donors (Lipinski definition) is 2. The molecule has 2 saturated heterocycles. The van der Waals surface area contributed by atoms with Crippen LogP contribution in [0.3, 0.4) is 0 Å². The van der Waals surface area contributed by atoms with Gasteiger partial charge in [0, 0.05) is 16.6 Å². The lowest BCUT2D eigenvalue weighted by Crippen LogP contribution is -2.45. The minimum Gasteiger partial charge on any atom is -0.372 e. The fourth-order valence-corrected chi connectivity index (χ4v) is 3.96. The van der Waals surface area contributed by atoms with E-state index in [0.29, 0.717) is 6.61 Å². The molecule has 0 radical (unpaired) electrons. The molecular weight excluding hydrogens is 405 g/mol. The van der Waals surface area contributed by atoms with Crippen molar-refractivity contribution < 1.29 is 27.4 Å². The van der Waals surface area contributed by atoms with Crippen molar-refractivity contribution in [2.45, 2.75) is 24.4 Å². The number of carbonyl (C=O) groups excluding carboxylic acids is 1. The molecule has 2 fully saturated rings. The molecule has 4 rings (SSSR count). The van der Waals surface area contributed by atoms with Gasteiger partial charge in [-0.15, -0.1) is 0 Å². The van der Waals surface area contributed by atoms with E-state index < -0.39 is 23.8 Å². The van der Waals surface area contributed by atoms with E-state index in [1.54, 1.807) is 11.3 Å². The molecule has 2 aromatic rings. The number of carbonyl (C=O) groups is 1. The predicted molar refractivity (Wildman–Crippen MR) is 102 cm³/mol. The summed E-state index contributed by atoms with van der Waals surface area (Å²) >= 11 is 1.57. The average molecular weight is 422 g/mol. The molecule has 2 amide bonds. The monoisotopic (exact) mass is 422 g/mol. The highest BCUT2D eigenvalue weighted by Gasteiger charge is 2.47. The van der Waals surface area contributed by atoms with E-state index in [9.17, 15) is 18.0 Å². The van der Waals surface area contributed by atoms with E-state index in [1.165, 1.54) is 12.1 Å². The van der Waals surface area contributed by atoms with E-state index in [4.69, 9.17) is 9.47 Å². The molecular formula is C20H17F3N2O3S. The van der Waals surface area contributed by atoms with Crippen LogP contribution < -0.4 is 10.6 Å². The molecule has 1 aromatic carbocycles. The van der Waals surface area contributed by atoms with Crippen molar-refractivity contribution in [3.63, 3.8) is 0 Å². The topological polar surface area (TPSA) is 59.6 Å². The smallest absolute Gasteiger partial charge is 0.372 e. The van der Waals surface area contributed by atoms with Gasteiger partial charge in [-0.3, -0.25) is 0 Å². The van der Waals surface area contributed by atoms with Gasteiger partial charge in [-0.25, -0.2) is 4.79 Å². The van der Waals surface area contributed by atoms with Gasteiger partial charge in [0.15, 0.2) is 0 Å². The number of thiophene rings is 1. The van der Waals surface area contributed by atoms with Crippen molar-refractivity contribution in [3.05, 3.63) is 52.2 Å². The minimum absolute atomic E-state index is 0.0552. The second kappa shape index (κ2) is 8.06. The van der Waals surface area contributed by atoms with E-state index in [1.807, 2.05) is 16.8 Å². The molecule has 4 atom stereocenters. The van der Waals surface area contributed by atoms with Crippen LogP contribution in [0.4, 0.5) is 23.7 Å². The van der Waals surface area contributed by atoms with Crippen LogP contribution in [0.1, 0.15) is 11.1 Å². The van der Waals surface area contributed by atoms with Gasteiger partial charge in [0.2, 0.25) is 0 Å². The Bertz CT molecular complexity index is 936. The van der Waals surface area contributed by atoms with Crippen LogP contribution in [0.15, 0.2) is 41.1 Å². The van der Waals surface area contributed by atoms with Gasteiger partial charge < -0.3 is 20.1 Å². The Balaban J connectivity index is 1.35. The number of hydrogen-bond acceptors (Lipinski definition) is 4. The molecule has 1 aromatic heterocycles. The van der Waals surface area contributed by atoms with Crippen molar-refractivity contribution in [1.82, 2.24) is 5.32 Å². The van der Waals surface area contributed by atoms with Gasteiger partial charge in [0.25, 0.3) is 0 Å². The lowest BCUT2D eigenvalue weighted by molar-refractivity contribution is -0.137. The number of ether oxygens (including phenoxy) is 2. The number of rotatable bonds is 2. The van der Waals surface area contributed by atoms with Crippen molar-refractivity contribution in [2.75, 3.05) is 18.5 Å². The highest BCUT2D eigenvalue weighted by Crippen LogP contribution is 2.32. The van der Waals surface area contributed by atoms with Crippen molar-refractivity contribution in [1.29, 1.82) is 0 Å². The van der Waals surface area contributed by atoms with E-state index in [-0.39, 0.29) is 30.4 Å². The Hall–Kier alpha value is -2.54. The lowest BCUT2D eigenvalue weighted by atomic mass is 10.0. The van der Waals surface area contributed by atoms with Gasteiger partial charge in [-0.05, 0) is 29.6 Å². The molecule has 0 aliphatic carbocycles. The summed E-state index contributed by atoms with van der Waals surface area (Å²) in [5.74, 6) is 6.16. The number of alkyl halides is 3. The Morgan fingerprint density at radius 3 is 2.76 bits per heavy atom. The molecule has 29 heavy (non-hydrogen) atoms. The first kappa shape index (κ1) is 19.8. The van der Waals surface area contributed by atoms with Crippen LogP contribution in [0.2, 0.25) is 0 Å². The SMILES string of the molecule is O=C(Nc1cccc(C(F)(F)F)c1)N[C@H]1CO[C@H]2[C@@H]1OC[C@@H]2C#Cc1ccsc1. The van der Waals surface area contributed by atoms with E-state index in [0.717, 1.165) is 17.7 Å². The van der Waals surface area contributed by atoms with Crippen LogP contribution in [-0.4, -0.2) is 37.5 Å². The molecule has 2 aliphatic rings. The average Bonchev–Trinajstić information content (AvgIpc) is 3.39. The Kier molecular flexibility index (Phi) is 5.50. The Morgan fingerprint density at radius 1 is 1.17 bits per heavy atom. The zero-order valence-corrected chi connectivity index (χ0v) is 15.8. The highest BCUT2D eigenvalue weighted by molar-refractivity contribution is 7.08. The van der Waals surface area contributed by atoms with Crippen LogP contribution in [0, 0.1) is 17.8 Å². The third-order valence-corrected chi connectivity index (χ3v) is 5.42. The first-order valence-corrected chi connectivity index (χ1v) is 9.86. The van der Waals surface area contributed by atoms with Crippen LogP contribution in [-0.2, 0) is 15.7 Å². The third kappa shape index (κ3) is 4.56. The number of anilines is 1. The molecule has 3 heterocycles. The number of amides is 2. The summed E-state index contributed by atoms with van der Waals surface area (Å²) in [5, 5.41) is 9.06. The minimum atomic E-state index is -4.47. The summed E-state index contributed by atoms with van der Waals surface area (Å²) < 4.78 is 49.9.